The lowest BCUT2D eigenvalue weighted by Crippen LogP contribution is -2.48. The fourth-order valence-electron chi connectivity index (χ4n) is 4.80. The molecule has 5 rings (SSSR count). The van der Waals surface area contributed by atoms with Crippen LogP contribution in [0.15, 0.2) is 18.3 Å². The Kier molecular flexibility index (Phi) is 8.38. The van der Waals surface area contributed by atoms with Gasteiger partial charge in [0, 0.05) is 55.0 Å². The van der Waals surface area contributed by atoms with Crippen molar-refractivity contribution in [2.75, 3.05) is 68.2 Å². The topological polar surface area (TPSA) is 127 Å². The molecule has 1 saturated heterocycles. The third-order valence-electron chi connectivity index (χ3n) is 7.07. The molecule has 3 amide bonds. The van der Waals surface area contributed by atoms with Crippen molar-refractivity contribution in [2.24, 2.45) is 0 Å². The van der Waals surface area contributed by atoms with Crippen molar-refractivity contribution in [3.63, 3.8) is 0 Å². The van der Waals surface area contributed by atoms with Crippen LogP contribution in [0.5, 0.6) is 5.88 Å². The lowest BCUT2D eigenvalue weighted by atomic mass is 10.0. The zero-order valence-corrected chi connectivity index (χ0v) is 23.2. The molecule has 0 unspecified atom stereocenters. The fraction of sp³-hybridized carbons (Fsp3) is 0.519. The standard InChI is InChI=1S/C27H34N8O3S/c1-33-9-10-34(24(36)17-33)16-19-12-18-4-3-8-35(25(18)32-26(19)38-2)27(37)31-23-13-22(20(14-28)15-30-23)29-7-11-39-21-5-6-21/h12-13,15,21H,3-11,16-17H2,1-2H3,(H2,29,30,31,37). The average Bonchev–Trinajstić information content (AvgIpc) is 3.76. The van der Waals surface area contributed by atoms with E-state index in [1.54, 1.807) is 18.1 Å². The van der Waals surface area contributed by atoms with Crippen molar-refractivity contribution in [3.05, 3.63) is 35.0 Å². The molecule has 2 N–H and O–H groups in total. The van der Waals surface area contributed by atoms with Gasteiger partial charge in [-0.05, 0) is 44.4 Å². The molecule has 0 aromatic carbocycles. The molecule has 11 nitrogen and oxygen atoms in total. The second-order valence-electron chi connectivity index (χ2n) is 10.1. The van der Waals surface area contributed by atoms with Gasteiger partial charge < -0.3 is 15.0 Å². The lowest BCUT2D eigenvalue weighted by Gasteiger charge is -2.33. The number of carbonyl (C=O) groups is 2. The van der Waals surface area contributed by atoms with Crippen LogP contribution in [0.4, 0.5) is 22.1 Å². The molecule has 2 aliphatic heterocycles. The minimum atomic E-state index is -0.347. The number of ether oxygens (including phenoxy) is 1. The number of pyridine rings is 2. The molecule has 39 heavy (non-hydrogen) atoms. The molecular weight excluding hydrogens is 516 g/mol. The van der Waals surface area contributed by atoms with E-state index in [0.717, 1.165) is 48.1 Å². The molecule has 1 saturated carbocycles. The van der Waals surface area contributed by atoms with E-state index in [9.17, 15) is 14.9 Å². The number of urea groups is 1. The maximum Gasteiger partial charge on any atom is 0.328 e. The Morgan fingerprint density at radius 3 is 2.87 bits per heavy atom. The summed E-state index contributed by atoms with van der Waals surface area (Å²) in [6, 6.07) is 5.52. The third kappa shape index (κ3) is 6.54. The minimum Gasteiger partial charge on any atom is -0.481 e. The largest absolute Gasteiger partial charge is 0.481 e. The lowest BCUT2D eigenvalue weighted by molar-refractivity contribution is -0.136. The predicted octanol–water partition coefficient (Wildman–Crippen LogP) is 2.92. The number of likely N-dealkylation sites (N-methyl/N-ethyl adjacent to an activating group) is 1. The summed E-state index contributed by atoms with van der Waals surface area (Å²) < 4.78 is 5.59. The quantitative estimate of drug-likeness (QED) is 0.453. The molecule has 0 bridgehead atoms. The first-order valence-electron chi connectivity index (χ1n) is 13.3. The van der Waals surface area contributed by atoms with Gasteiger partial charge in [0.1, 0.15) is 17.7 Å². The number of aryl methyl sites for hydroxylation is 1. The SMILES string of the molecule is COc1nc2c(cc1CN1CCN(C)CC1=O)CCCN2C(=O)Nc1cc(NCCSC2CC2)c(C#N)cn1. The summed E-state index contributed by atoms with van der Waals surface area (Å²) in [7, 11) is 3.49. The number of rotatable bonds is 9. The van der Waals surface area contributed by atoms with E-state index in [1.165, 1.54) is 19.0 Å². The van der Waals surface area contributed by atoms with Gasteiger partial charge in [-0.3, -0.25) is 19.9 Å². The van der Waals surface area contributed by atoms with E-state index in [-0.39, 0.29) is 11.9 Å². The highest BCUT2D eigenvalue weighted by Gasteiger charge is 2.29. The highest BCUT2D eigenvalue weighted by molar-refractivity contribution is 8.00. The van der Waals surface area contributed by atoms with Gasteiger partial charge in [-0.2, -0.15) is 22.0 Å². The van der Waals surface area contributed by atoms with E-state index >= 15 is 0 Å². The number of nitrogens with one attached hydrogen (secondary N) is 2. The number of methoxy groups -OCH3 is 1. The summed E-state index contributed by atoms with van der Waals surface area (Å²) >= 11 is 1.94. The van der Waals surface area contributed by atoms with Gasteiger partial charge in [0.15, 0.2) is 0 Å². The minimum absolute atomic E-state index is 0.0787. The van der Waals surface area contributed by atoms with Crippen molar-refractivity contribution < 1.29 is 14.3 Å². The van der Waals surface area contributed by atoms with E-state index in [0.29, 0.717) is 54.9 Å². The molecule has 2 aromatic rings. The summed E-state index contributed by atoms with van der Waals surface area (Å²) in [4.78, 5) is 40.3. The number of nitriles is 1. The number of fused-ring (bicyclic) bond motifs is 1. The van der Waals surface area contributed by atoms with Crippen LogP contribution < -0.4 is 20.3 Å². The monoisotopic (exact) mass is 550 g/mol. The maximum atomic E-state index is 13.4. The zero-order chi connectivity index (χ0) is 27.4. The maximum absolute atomic E-state index is 13.4. The van der Waals surface area contributed by atoms with Crippen LogP contribution in [-0.4, -0.2) is 89.6 Å². The van der Waals surface area contributed by atoms with Crippen LogP contribution in [0.25, 0.3) is 0 Å². The summed E-state index contributed by atoms with van der Waals surface area (Å²) in [6.45, 7) is 3.53. The number of hydrogen-bond donors (Lipinski definition) is 2. The van der Waals surface area contributed by atoms with Gasteiger partial charge in [0.05, 0.1) is 31.5 Å². The molecule has 2 aromatic heterocycles. The van der Waals surface area contributed by atoms with Gasteiger partial charge in [0.2, 0.25) is 11.8 Å². The average molecular weight is 551 g/mol. The normalized spacial score (nSPS) is 17.4. The van der Waals surface area contributed by atoms with Gasteiger partial charge in [-0.15, -0.1) is 0 Å². The second kappa shape index (κ2) is 12.1. The first kappa shape index (κ1) is 27.0. The molecule has 0 radical (unpaired) electrons. The Balaban J connectivity index is 1.29. The number of carbonyl (C=O) groups excluding carboxylic acids is 2. The summed E-state index contributed by atoms with van der Waals surface area (Å²) in [5.74, 6) is 2.36. The van der Waals surface area contributed by atoms with Crippen LogP contribution in [0.2, 0.25) is 0 Å². The van der Waals surface area contributed by atoms with Crippen molar-refractivity contribution in [3.8, 4) is 11.9 Å². The Labute approximate surface area is 232 Å². The van der Waals surface area contributed by atoms with Gasteiger partial charge in [-0.1, -0.05) is 0 Å². The number of piperazine rings is 1. The molecular formula is C27H34N8O3S. The Morgan fingerprint density at radius 1 is 1.28 bits per heavy atom. The van der Waals surface area contributed by atoms with Crippen molar-refractivity contribution >= 4 is 41.0 Å². The number of hydrogen-bond acceptors (Lipinski definition) is 9. The zero-order valence-electron chi connectivity index (χ0n) is 22.4. The van der Waals surface area contributed by atoms with E-state index in [4.69, 9.17) is 9.72 Å². The third-order valence-corrected chi connectivity index (χ3v) is 8.45. The van der Waals surface area contributed by atoms with Gasteiger partial charge >= 0.3 is 6.03 Å². The smallest absolute Gasteiger partial charge is 0.328 e. The highest BCUT2D eigenvalue weighted by Crippen LogP contribution is 2.34. The predicted molar refractivity (Wildman–Crippen MR) is 151 cm³/mol. The first-order valence-corrected chi connectivity index (χ1v) is 14.4. The Morgan fingerprint density at radius 2 is 2.13 bits per heavy atom. The Bertz CT molecular complexity index is 1280. The summed E-state index contributed by atoms with van der Waals surface area (Å²) in [6.07, 6.45) is 5.62. The van der Waals surface area contributed by atoms with E-state index < -0.39 is 0 Å². The van der Waals surface area contributed by atoms with Crippen LogP contribution in [0, 0.1) is 11.3 Å². The van der Waals surface area contributed by atoms with Crippen LogP contribution in [-0.2, 0) is 17.8 Å². The molecule has 0 spiro atoms. The molecule has 12 heteroatoms. The van der Waals surface area contributed by atoms with Gasteiger partial charge in [-0.25, -0.2) is 9.78 Å². The molecule has 3 aliphatic rings. The van der Waals surface area contributed by atoms with Crippen molar-refractivity contribution in [1.82, 2.24) is 19.8 Å². The number of amides is 3. The highest BCUT2D eigenvalue weighted by atomic mass is 32.2. The van der Waals surface area contributed by atoms with Gasteiger partial charge in [0.25, 0.3) is 0 Å². The van der Waals surface area contributed by atoms with E-state index in [1.807, 2.05) is 34.7 Å². The Hall–Kier alpha value is -3.56. The second-order valence-corrected chi connectivity index (χ2v) is 11.5. The first-order chi connectivity index (χ1) is 18.9. The van der Waals surface area contributed by atoms with Crippen LogP contribution in [0.1, 0.15) is 36.0 Å². The molecule has 2 fully saturated rings. The molecule has 4 heterocycles. The van der Waals surface area contributed by atoms with Crippen molar-refractivity contribution in [1.29, 1.82) is 5.26 Å². The molecule has 206 valence electrons. The van der Waals surface area contributed by atoms with Crippen molar-refractivity contribution in [2.45, 2.75) is 37.5 Å². The number of thioether (sulfide) groups is 1. The van der Waals surface area contributed by atoms with E-state index in [2.05, 4.69) is 21.7 Å². The van der Waals surface area contributed by atoms with Crippen LogP contribution in [0.3, 0.4) is 0 Å². The fourth-order valence-corrected chi connectivity index (χ4v) is 5.82. The summed E-state index contributed by atoms with van der Waals surface area (Å²) in [5, 5.41) is 16.4. The number of anilines is 3. The molecule has 1 aliphatic carbocycles. The summed E-state index contributed by atoms with van der Waals surface area (Å²) in [5.41, 5.74) is 2.87. The van der Waals surface area contributed by atoms with Crippen LogP contribution >= 0.6 is 11.8 Å². The number of aromatic nitrogens is 2. The number of nitrogens with zero attached hydrogens (tertiary/aromatic N) is 6. The molecule has 0 atom stereocenters.